The Morgan fingerprint density at radius 2 is 1.54 bits per heavy atom. The molecule has 1 amide bonds. The molecular formula is C31H43N3O7. The summed E-state index contributed by atoms with van der Waals surface area (Å²) in [6.45, 7) is 14.7. The molecule has 0 saturated carbocycles. The Morgan fingerprint density at radius 1 is 0.976 bits per heavy atom. The Hall–Kier alpha value is -3.21. The van der Waals surface area contributed by atoms with Crippen molar-refractivity contribution in [2.45, 2.75) is 79.5 Å². The van der Waals surface area contributed by atoms with Crippen LogP contribution >= 0.6 is 0 Å². The largest absolute Gasteiger partial charge is 0.511 e. The fraction of sp³-hybridized carbons (Fsp3) is 0.581. The summed E-state index contributed by atoms with van der Waals surface area (Å²) >= 11 is 0. The van der Waals surface area contributed by atoms with Crippen molar-refractivity contribution in [3.63, 3.8) is 0 Å². The first kappa shape index (κ1) is 30.7. The number of phenols is 1. The van der Waals surface area contributed by atoms with E-state index < -0.39 is 52.0 Å². The topological polar surface area (TPSA) is 182 Å². The van der Waals surface area contributed by atoms with Crippen LogP contribution < -0.4 is 16.4 Å². The van der Waals surface area contributed by atoms with Crippen molar-refractivity contribution >= 4 is 17.5 Å². The molecule has 1 aromatic rings. The molecule has 10 nitrogen and oxygen atoms in total. The number of rotatable bonds is 7. The number of primary amides is 1. The van der Waals surface area contributed by atoms with Gasteiger partial charge in [0.25, 0.3) is 5.91 Å². The van der Waals surface area contributed by atoms with E-state index in [0.29, 0.717) is 37.3 Å². The zero-order valence-corrected chi connectivity index (χ0v) is 24.8. The minimum absolute atomic E-state index is 0.00613. The summed E-state index contributed by atoms with van der Waals surface area (Å²) in [7, 11) is 0. The lowest BCUT2D eigenvalue weighted by Gasteiger charge is -2.45. The number of nitrogens with one attached hydrogen (secondary N) is 2. The van der Waals surface area contributed by atoms with Crippen molar-refractivity contribution in [1.82, 2.24) is 10.6 Å². The predicted octanol–water partition coefficient (Wildman–Crippen LogP) is 2.85. The molecule has 0 aliphatic heterocycles. The number of hydrogen-bond acceptors (Lipinski definition) is 9. The van der Waals surface area contributed by atoms with Crippen LogP contribution in [0.5, 0.6) is 5.75 Å². The predicted molar refractivity (Wildman–Crippen MR) is 153 cm³/mol. The number of ketones is 2. The Bertz CT molecular complexity index is 1360. The summed E-state index contributed by atoms with van der Waals surface area (Å²) < 4.78 is 0. The standard InChI is InChI=1S/C31H43N3O7/c1-29(2,3)13-33-11-16-7-17(12-34-14-30(4,5)6)24(36)22-19(16)9-15-8-18-10-20(35)23(28(32)40)27(39)31(18,41)26(38)21(15)25(22)37/h7,15,18,33-36,38,41H,8-14H2,1-6H3,(H2,32,40)/t15-,18+,31+/m1/s1. The highest BCUT2D eigenvalue weighted by Crippen LogP contribution is 2.52. The van der Waals surface area contributed by atoms with E-state index in [1.807, 2.05) is 6.07 Å². The van der Waals surface area contributed by atoms with Gasteiger partial charge in [0.15, 0.2) is 11.4 Å². The molecular weight excluding hydrogens is 526 g/mol. The first-order chi connectivity index (χ1) is 18.9. The monoisotopic (exact) mass is 569 g/mol. The molecule has 224 valence electrons. The number of benzene rings is 1. The molecule has 3 aliphatic rings. The second-order valence-electron chi connectivity index (χ2n) is 14.1. The molecule has 8 N–H and O–H groups in total. The van der Waals surface area contributed by atoms with E-state index in [2.05, 4.69) is 52.2 Å². The van der Waals surface area contributed by atoms with Crippen LogP contribution in [0.15, 0.2) is 28.7 Å². The Kier molecular flexibility index (Phi) is 7.92. The summed E-state index contributed by atoms with van der Waals surface area (Å²) in [5.41, 5.74) is 3.86. The van der Waals surface area contributed by atoms with Gasteiger partial charge in [-0.3, -0.25) is 14.4 Å². The van der Waals surface area contributed by atoms with Crippen LogP contribution in [0.3, 0.4) is 0 Å². The van der Waals surface area contributed by atoms with E-state index in [1.54, 1.807) is 0 Å². The SMILES string of the molecule is CC(C)(C)CNCc1cc(CNCC(C)(C)C)c2c(c1O)C(=O)C1=C(O)[C@]3(O)C(=O)C(C(N)=O)=C(O)C[C@@H]3C[C@@H]1C2. The number of aliphatic hydroxyl groups is 3. The number of aliphatic hydroxyl groups excluding tert-OH is 2. The number of nitrogens with two attached hydrogens (primary N) is 1. The van der Waals surface area contributed by atoms with Crippen LogP contribution in [-0.4, -0.2) is 56.6 Å². The highest BCUT2D eigenvalue weighted by Gasteiger charge is 2.59. The van der Waals surface area contributed by atoms with E-state index in [0.717, 1.165) is 5.56 Å². The summed E-state index contributed by atoms with van der Waals surface area (Å²) in [4.78, 5) is 39.2. The number of Topliss-reactive ketones (excluding diaryl/α,β-unsaturated/α-hetero) is 2. The van der Waals surface area contributed by atoms with Crippen LogP contribution in [0.2, 0.25) is 0 Å². The van der Waals surface area contributed by atoms with Crippen LogP contribution in [0, 0.1) is 22.7 Å². The third kappa shape index (κ3) is 5.65. The first-order valence-electron chi connectivity index (χ1n) is 14.1. The zero-order valence-electron chi connectivity index (χ0n) is 24.8. The first-order valence-corrected chi connectivity index (χ1v) is 14.1. The fourth-order valence-corrected chi connectivity index (χ4v) is 6.26. The molecule has 3 atom stereocenters. The van der Waals surface area contributed by atoms with Gasteiger partial charge in [-0.05, 0) is 46.8 Å². The molecule has 0 saturated heterocycles. The van der Waals surface area contributed by atoms with Gasteiger partial charge in [-0.15, -0.1) is 0 Å². The van der Waals surface area contributed by atoms with Crippen LogP contribution in [-0.2, 0) is 29.1 Å². The van der Waals surface area contributed by atoms with Crippen molar-refractivity contribution in [1.29, 1.82) is 0 Å². The third-order valence-electron chi connectivity index (χ3n) is 8.17. The molecule has 0 spiro atoms. The summed E-state index contributed by atoms with van der Waals surface area (Å²) in [6, 6.07) is 1.90. The third-order valence-corrected chi connectivity index (χ3v) is 8.17. The van der Waals surface area contributed by atoms with E-state index in [-0.39, 0.29) is 47.0 Å². The number of fused-ring (bicyclic) bond motifs is 3. The van der Waals surface area contributed by atoms with Crippen molar-refractivity contribution < 1.29 is 34.8 Å². The summed E-state index contributed by atoms with van der Waals surface area (Å²) in [5.74, 6) is -6.22. The van der Waals surface area contributed by atoms with Gasteiger partial charge in [0.05, 0.1) is 5.56 Å². The van der Waals surface area contributed by atoms with Gasteiger partial charge in [0, 0.05) is 49.7 Å². The van der Waals surface area contributed by atoms with E-state index in [1.165, 1.54) is 0 Å². The Balaban J connectivity index is 1.81. The van der Waals surface area contributed by atoms with Crippen LogP contribution in [0.25, 0.3) is 0 Å². The smallest absolute Gasteiger partial charge is 0.255 e. The maximum absolute atomic E-state index is 14.1. The van der Waals surface area contributed by atoms with Crippen molar-refractivity contribution in [2.24, 2.45) is 28.4 Å². The number of aromatic hydroxyl groups is 1. The number of carbonyl (C=O) groups excluding carboxylic acids is 3. The van der Waals surface area contributed by atoms with Crippen molar-refractivity contribution in [3.8, 4) is 5.75 Å². The lowest BCUT2D eigenvalue weighted by molar-refractivity contribution is -0.144. The summed E-state index contributed by atoms with van der Waals surface area (Å²) in [6.07, 6.45) is 0.136. The van der Waals surface area contributed by atoms with Gasteiger partial charge in [-0.2, -0.15) is 0 Å². The van der Waals surface area contributed by atoms with E-state index in [9.17, 15) is 34.8 Å². The zero-order chi connectivity index (χ0) is 30.7. The lowest BCUT2D eigenvalue weighted by Crippen LogP contribution is -2.57. The molecule has 1 aromatic carbocycles. The minimum atomic E-state index is -2.58. The second-order valence-corrected chi connectivity index (χ2v) is 14.1. The van der Waals surface area contributed by atoms with E-state index >= 15 is 0 Å². The molecule has 3 aliphatic carbocycles. The maximum atomic E-state index is 14.1. The number of hydrogen-bond donors (Lipinski definition) is 7. The second kappa shape index (κ2) is 10.6. The number of allylic oxidation sites excluding steroid dienone is 2. The molecule has 0 aromatic heterocycles. The highest BCUT2D eigenvalue weighted by atomic mass is 16.3. The average Bonchev–Trinajstić information content (AvgIpc) is 2.82. The number of phenolic OH excluding ortho intramolecular Hbond substituents is 1. The Morgan fingerprint density at radius 3 is 2.07 bits per heavy atom. The van der Waals surface area contributed by atoms with Gasteiger partial charge >= 0.3 is 0 Å². The minimum Gasteiger partial charge on any atom is -0.511 e. The fourth-order valence-electron chi connectivity index (χ4n) is 6.26. The number of amides is 1. The van der Waals surface area contributed by atoms with Crippen LogP contribution in [0.1, 0.15) is 81.4 Å². The molecule has 4 rings (SSSR count). The van der Waals surface area contributed by atoms with Gasteiger partial charge in [-0.25, -0.2) is 0 Å². The molecule has 10 heteroatoms. The van der Waals surface area contributed by atoms with Crippen molar-refractivity contribution in [3.05, 3.63) is 51.0 Å². The lowest BCUT2D eigenvalue weighted by atomic mass is 9.60. The summed E-state index contributed by atoms with van der Waals surface area (Å²) in [5, 5.41) is 51.4. The molecule has 0 unspecified atom stereocenters. The quantitative estimate of drug-likeness (QED) is 0.243. The molecule has 0 bridgehead atoms. The van der Waals surface area contributed by atoms with Crippen LogP contribution in [0.4, 0.5) is 0 Å². The van der Waals surface area contributed by atoms with Gasteiger partial charge < -0.3 is 36.8 Å². The molecule has 0 radical (unpaired) electrons. The Labute approximate surface area is 240 Å². The number of carbonyl (C=O) groups is 3. The van der Waals surface area contributed by atoms with Gasteiger partial charge in [0.2, 0.25) is 5.78 Å². The highest BCUT2D eigenvalue weighted by molar-refractivity contribution is 6.24. The van der Waals surface area contributed by atoms with Gasteiger partial charge in [-0.1, -0.05) is 41.5 Å². The molecule has 0 heterocycles. The van der Waals surface area contributed by atoms with Crippen molar-refractivity contribution in [2.75, 3.05) is 13.1 Å². The normalized spacial score (nSPS) is 24.8. The van der Waals surface area contributed by atoms with E-state index in [4.69, 9.17) is 5.73 Å². The molecule has 41 heavy (non-hydrogen) atoms. The average molecular weight is 570 g/mol. The maximum Gasteiger partial charge on any atom is 0.255 e. The van der Waals surface area contributed by atoms with Gasteiger partial charge in [0.1, 0.15) is 22.8 Å². The molecule has 0 fully saturated rings.